The first-order chi connectivity index (χ1) is 10.7. The van der Waals surface area contributed by atoms with Gasteiger partial charge in [-0.25, -0.2) is 4.79 Å². The molecule has 130 valence electrons. The molecule has 0 bridgehead atoms. The van der Waals surface area contributed by atoms with Gasteiger partial charge >= 0.3 is 6.09 Å². The predicted octanol–water partition coefficient (Wildman–Crippen LogP) is 4.15. The second kappa shape index (κ2) is 7.88. The van der Waals surface area contributed by atoms with Gasteiger partial charge in [0.2, 0.25) is 0 Å². The van der Waals surface area contributed by atoms with Crippen molar-refractivity contribution in [3.8, 4) is 0 Å². The quantitative estimate of drug-likeness (QED) is 0.724. The van der Waals surface area contributed by atoms with Gasteiger partial charge in [-0.3, -0.25) is 0 Å². The van der Waals surface area contributed by atoms with Gasteiger partial charge in [-0.05, 0) is 81.2 Å². The molecule has 5 nitrogen and oxygen atoms in total. The minimum absolute atomic E-state index is 0.223. The van der Waals surface area contributed by atoms with E-state index >= 15 is 0 Å². The highest BCUT2D eigenvalue weighted by atomic mass is 127. The van der Waals surface area contributed by atoms with Crippen molar-refractivity contribution in [1.82, 2.24) is 10.2 Å². The van der Waals surface area contributed by atoms with Crippen molar-refractivity contribution < 1.29 is 13.9 Å². The van der Waals surface area contributed by atoms with Gasteiger partial charge in [-0.1, -0.05) is 0 Å². The van der Waals surface area contributed by atoms with Crippen LogP contribution in [0.3, 0.4) is 0 Å². The first-order valence-electron chi connectivity index (χ1n) is 8.18. The van der Waals surface area contributed by atoms with Gasteiger partial charge in [0, 0.05) is 19.1 Å². The Morgan fingerprint density at radius 1 is 1.35 bits per heavy atom. The van der Waals surface area contributed by atoms with E-state index in [1.54, 1.807) is 4.90 Å². The van der Waals surface area contributed by atoms with Crippen LogP contribution in [0.25, 0.3) is 0 Å². The first-order valence-corrected chi connectivity index (χ1v) is 9.26. The molecular formula is C17H27IN2O3. The number of carbonyl (C=O) groups excluding carboxylic acids is 1. The maximum absolute atomic E-state index is 12.1. The van der Waals surface area contributed by atoms with Crippen LogP contribution in [0.15, 0.2) is 16.5 Å². The summed E-state index contributed by atoms with van der Waals surface area (Å²) in [6.07, 6.45) is 3.91. The van der Waals surface area contributed by atoms with Crippen molar-refractivity contribution in [2.75, 3.05) is 7.05 Å². The van der Waals surface area contributed by atoms with E-state index in [1.807, 2.05) is 40.0 Å². The molecule has 1 amide bonds. The number of rotatable bonds is 4. The van der Waals surface area contributed by atoms with Crippen LogP contribution >= 0.6 is 22.6 Å². The number of carbonyl (C=O) groups is 1. The minimum atomic E-state index is -0.440. The Hall–Kier alpha value is -0.760. The van der Waals surface area contributed by atoms with Gasteiger partial charge in [-0.15, -0.1) is 0 Å². The molecule has 0 unspecified atom stereocenters. The zero-order valence-corrected chi connectivity index (χ0v) is 16.6. The Labute approximate surface area is 152 Å². The van der Waals surface area contributed by atoms with Crippen LogP contribution in [0.5, 0.6) is 0 Å². The van der Waals surface area contributed by atoms with Crippen LogP contribution in [0.4, 0.5) is 4.79 Å². The van der Waals surface area contributed by atoms with E-state index in [1.165, 1.54) is 0 Å². The fraction of sp³-hybridized carbons (Fsp3) is 0.706. The average molecular weight is 434 g/mol. The second-order valence-electron chi connectivity index (χ2n) is 7.18. The number of hydrogen-bond acceptors (Lipinski definition) is 4. The molecular weight excluding hydrogens is 407 g/mol. The maximum Gasteiger partial charge on any atom is 0.410 e. The number of hydrogen-bond donors (Lipinski definition) is 1. The Bertz CT molecular complexity index is 516. The van der Waals surface area contributed by atoms with Crippen molar-refractivity contribution in [1.29, 1.82) is 0 Å². The molecule has 1 fully saturated rings. The Morgan fingerprint density at radius 2 is 2.00 bits per heavy atom. The van der Waals surface area contributed by atoms with Crippen molar-refractivity contribution in [3.05, 3.63) is 21.7 Å². The summed E-state index contributed by atoms with van der Waals surface area (Å²) in [6, 6.07) is 4.74. The summed E-state index contributed by atoms with van der Waals surface area (Å²) in [4.78, 5) is 13.9. The summed E-state index contributed by atoms with van der Waals surface area (Å²) >= 11 is 2.18. The number of furan rings is 1. The molecule has 0 spiro atoms. The summed E-state index contributed by atoms with van der Waals surface area (Å²) in [5.41, 5.74) is -0.440. The molecule has 1 aromatic heterocycles. The summed E-state index contributed by atoms with van der Waals surface area (Å²) < 4.78 is 11.9. The molecule has 0 atom stereocenters. The number of halogens is 1. The van der Waals surface area contributed by atoms with Crippen LogP contribution in [0.2, 0.25) is 0 Å². The molecule has 0 aromatic carbocycles. The van der Waals surface area contributed by atoms with Crippen LogP contribution in [0, 0.1) is 3.77 Å². The molecule has 1 aliphatic carbocycles. The lowest BCUT2D eigenvalue weighted by molar-refractivity contribution is 0.0179. The van der Waals surface area contributed by atoms with E-state index in [2.05, 4.69) is 27.9 Å². The topological polar surface area (TPSA) is 54.7 Å². The fourth-order valence-electron chi connectivity index (χ4n) is 2.84. The van der Waals surface area contributed by atoms with E-state index < -0.39 is 5.60 Å². The highest BCUT2D eigenvalue weighted by Gasteiger charge is 2.29. The zero-order valence-electron chi connectivity index (χ0n) is 14.4. The third kappa shape index (κ3) is 5.99. The molecule has 0 aliphatic heterocycles. The lowest BCUT2D eigenvalue weighted by atomic mass is 9.90. The number of amides is 1. The molecule has 1 heterocycles. The van der Waals surface area contributed by atoms with E-state index in [0.29, 0.717) is 6.04 Å². The molecule has 0 radical (unpaired) electrons. The standard InChI is InChI=1S/C17H27IN2O3/c1-17(2,3)23-16(21)20(4)13-7-5-12(6-8-13)19-11-14-9-10-15(18)22-14/h9-10,12-13,19H,5-8,11H2,1-4H3. The Kier molecular flexibility index (Phi) is 6.36. The smallest absolute Gasteiger partial charge is 0.410 e. The van der Waals surface area contributed by atoms with E-state index in [9.17, 15) is 4.79 Å². The van der Waals surface area contributed by atoms with Gasteiger partial charge < -0.3 is 19.4 Å². The minimum Gasteiger partial charge on any atom is -0.454 e. The first kappa shape index (κ1) is 18.6. The summed E-state index contributed by atoms with van der Waals surface area (Å²) in [7, 11) is 1.84. The SMILES string of the molecule is CN(C(=O)OC(C)(C)C)C1CCC(NCc2ccc(I)o2)CC1. The third-order valence-electron chi connectivity index (χ3n) is 4.12. The van der Waals surface area contributed by atoms with Gasteiger partial charge in [0.15, 0.2) is 3.77 Å². The van der Waals surface area contributed by atoms with Crippen LogP contribution in [0.1, 0.15) is 52.2 Å². The van der Waals surface area contributed by atoms with Crippen LogP contribution in [-0.2, 0) is 11.3 Å². The average Bonchev–Trinajstić information content (AvgIpc) is 2.89. The van der Waals surface area contributed by atoms with Crippen LogP contribution in [-0.4, -0.2) is 35.7 Å². The normalized spacial score (nSPS) is 22.0. The van der Waals surface area contributed by atoms with Crippen molar-refractivity contribution in [2.45, 2.75) is 70.7 Å². The van der Waals surface area contributed by atoms with E-state index in [4.69, 9.17) is 9.15 Å². The van der Waals surface area contributed by atoms with Gasteiger partial charge in [0.05, 0.1) is 6.54 Å². The van der Waals surface area contributed by atoms with Crippen molar-refractivity contribution in [3.63, 3.8) is 0 Å². The lowest BCUT2D eigenvalue weighted by Crippen LogP contribution is -2.44. The molecule has 1 N–H and O–H groups in total. The monoisotopic (exact) mass is 434 g/mol. The van der Waals surface area contributed by atoms with E-state index in [-0.39, 0.29) is 12.1 Å². The summed E-state index contributed by atoms with van der Waals surface area (Å²) in [5.74, 6) is 0.974. The fourth-order valence-corrected chi connectivity index (χ4v) is 3.30. The molecule has 2 rings (SSSR count). The number of ether oxygens (including phenoxy) is 1. The van der Waals surface area contributed by atoms with E-state index in [0.717, 1.165) is 41.8 Å². The molecule has 6 heteroatoms. The largest absolute Gasteiger partial charge is 0.454 e. The summed E-state index contributed by atoms with van der Waals surface area (Å²) in [6.45, 7) is 6.46. The lowest BCUT2D eigenvalue weighted by Gasteiger charge is -2.35. The van der Waals surface area contributed by atoms with Crippen molar-refractivity contribution >= 4 is 28.7 Å². The van der Waals surface area contributed by atoms with Gasteiger partial charge in [0.25, 0.3) is 0 Å². The van der Waals surface area contributed by atoms with Gasteiger partial charge in [-0.2, -0.15) is 0 Å². The third-order valence-corrected chi connectivity index (χ3v) is 4.70. The Balaban J connectivity index is 1.73. The maximum atomic E-state index is 12.1. The molecule has 1 aromatic rings. The zero-order chi connectivity index (χ0) is 17.0. The molecule has 23 heavy (non-hydrogen) atoms. The number of nitrogens with one attached hydrogen (secondary N) is 1. The Morgan fingerprint density at radius 3 is 2.52 bits per heavy atom. The van der Waals surface area contributed by atoms with Crippen molar-refractivity contribution in [2.24, 2.45) is 0 Å². The molecule has 1 aliphatic rings. The van der Waals surface area contributed by atoms with Gasteiger partial charge in [0.1, 0.15) is 11.4 Å². The highest BCUT2D eigenvalue weighted by molar-refractivity contribution is 14.1. The molecule has 1 saturated carbocycles. The summed E-state index contributed by atoms with van der Waals surface area (Å²) in [5, 5.41) is 3.55. The predicted molar refractivity (Wildman–Crippen MR) is 98.3 cm³/mol. The molecule has 0 saturated heterocycles. The van der Waals surface area contributed by atoms with Crippen LogP contribution < -0.4 is 5.32 Å². The second-order valence-corrected chi connectivity index (χ2v) is 8.25. The number of nitrogens with zero attached hydrogens (tertiary/aromatic N) is 1. The highest BCUT2D eigenvalue weighted by Crippen LogP contribution is 2.24.